The van der Waals surface area contributed by atoms with Gasteiger partial charge in [-0.05, 0) is 55.2 Å². The van der Waals surface area contributed by atoms with Gasteiger partial charge >= 0.3 is 5.97 Å². The number of hydrogen-bond acceptors (Lipinski definition) is 4. The normalized spacial score (nSPS) is 15.7. The lowest BCUT2D eigenvalue weighted by atomic mass is 9.92. The second kappa shape index (κ2) is 10.5. The van der Waals surface area contributed by atoms with Gasteiger partial charge in [0.2, 0.25) is 10.0 Å². The van der Waals surface area contributed by atoms with Gasteiger partial charge in [0, 0.05) is 29.2 Å². The SMILES string of the molecule is O=C(O)CCn1c2c(c3ccccc31)C[C@H](NS(=O)(=O)c1ccc(F)cc1)CC2.O=S(O)O. The minimum atomic E-state index is -3.75. The lowest BCUT2D eigenvalue weighted by Gasteiger charge is -2.25. The van der Waals surface area contributed by atoms with Gasteiger partial charge in [0.05, 0.1) is 11.3 Å². The van der Waals surface area contributed by atoms with E-state index in [1.165, 1.54) is 12.1 Å². The van der Waals surface area contributed by atoms with E-state index in [2.05, 4.69) is 4.72 Å². The first kappa shape index (κ1) is 25.0. The maximum Gasteiger partial charge on any atom is 0.305 e. The van der Waals surface area contributed by atoms with Crippen LogP contribution in [0.25, 0.3) is 10.9 Å². The highest BCUT2D eigenvalue weighted by atomic mass is 32.2. The number of benzene rings is 2. The molecule has 0 amide bonds. The Hall–Kier alpha value is -2.64. The number of fused-ring (bicyclic) bond motifs is 3. The Bertz CT molecular complexity index is 1270. The van der Waals surface area contributed by atoms with E-state index in [0.717, 1.165) is 34.3 Å². The molecule has 1 atom stereocenters. The average Bonchev–Trinajstić information content (AvgIpc) is 3.05. The molecule has 0 aliphatic heterocycles. The predicted octanol–water partition coefficient (Wildman–Crippen LogP) is 2.77. The number of halogens is 1. The zero-order valence-electron chi connectivity index (χ0n) is 17.3. The predicted molar refractivity (Wildman–Crippen MR) is 120 cm³/mol. The Morgan fingerprint density at radius 1 is 1.15 bits per heavy atom. The molecule has 0 fully saturated rings. The molecule has 1 aliphatic rings. The fourth-order valence-corrected chi connectivity index (χ4v) is 5.34. The van der Waals surface area contributed by atoms with Gasteiger partial charge in [-0.3, -0.25) is 13.9 Å². The summed E-state index contributed by atoms with van der Waals surface area (Å²) in [5.74, 6) is -1.34. The van der Waals surface area contributed by atoms with Crippen molar-refractivity contribution in [2.75, 3.05) is 0 Å². The Labute approximate surface area is 192 Å². The van der Waals surface area contributed by atoms with Crippen LogP contribution in [0, 0.1) is 5.82 Å². The molecule has 0 saturated carbocycles. The molecule has 9 nitrogen and oxygen atoms in total. The first-order valence-corrected chi connectivity index (χ1v) is 12.5. The Morgan fingerprint density at radius 3 is 2.42 bits per heavy atom. The van der Waals surface area contributed by atoms with Crippen molar-refractivity contribution in [3.05, 3.63) is 65.6 Å². The molecule has 1 heterocycles. The Morgan fingerprint density at radius 2 is 1.79 bits per heavy atom. The van der Waals surface area contributed by atoms with Crippen LogP contribution < -0.4 is 4.72 Å². The molecule has 1 aliphatic carbocycles. The summed E-state index contributed by atoms with van der Waals surface area (Å²) in [6, 6.07) is 12.3. The number of carboxylic acids is 1. The largest absolute Gasteiger partial charge is 0.481 e. The zero-order valence-corrected chi connectivity index (χ0v) is 19.0. The van der Waals surface area contributed by atoms with Gasteiger partial charge in [-0.2, -0.15) is 4.21 Å². The van der Waals surface area contributed by atoms with Crippen molar-refractivity contribution in [3.8, 4) is 0 Å². The molecule has 1 aromatic heterocycles. The fourth-order valence-electron chi connectivity index (χ4n) is 4.07. The fraction of sp³-hybridized carbons (Fsp3) is 0.286. The molecule has 33 heavy (non-hydrogen) atoms. The number of rotatable bonds is 6. The van der Waals surface area contributed by atoms with Crippen molar-refractivity contribution in [3.63, 3.8) is 0 Å². The maximum absolute atomic E-state index is 13.1. The van der Waals surface area contributed by atoms with Gasteiger partial charge in [-0.25, -0.2) is 17.5 Å². The molecule has 4 rings (SSSR count). The summed E-state index contributed by atoms with van der Waals surface area (Å²) in [5.41, 5.74) is 3.11. The first-order valence-electron chi connectivity index (χ1n) is 9.97. The number of nitrogens with zero attached hydrogens (tertiary/aromatic N) is 1. The number of carboxylic acid groups (broad SMARTS) is 1. The minimum absolute atomic E-state index is 0.0335. The van der Waals surface area contributed by atoms with Gasteiger partial charge in [-0.1, -0.05) is 18.2 Å². The van der Waals surface area contributed by atoms with E-state index in [9.17, 15) is 17.6 Å². The van der Waals surface area contributed by atoms with E-state index < -0.39 is 33.2 Å². The van der Waals surface area contributed by atoms with Crippen molar-refractivity contribution in [2.45, 2.75) is 43.2 Å². The number of sulfonamides is 1. The van der Waals surface area contributed by atoms with Crippen LogP contribution in [-0.2, 0) is 45.6 Å². The van der Waals surface area contributed by atoms with Crippen LogP contribution in [0.1, 0.15) is 24.1 Å². The molecule has 3 aromatic rings. The number of hydrogen-bond donors (Lipinski definition) is 4. The highest BCUT2D eigenvalue weighted by molar-refractivity contribution is 7.89. The first-order chi connectivity index (χ1) is 15.6. The second-order valence-corrected chi connectivity index (χ2v) is 9.66. The van der Waals surface area contributed by atoms with Crippen molar-refractivity contribution >= 4 is 38.3 Å². The monoisotopic (exact) mass is 498 g/mol. The summed E-state index contributed by atoms with van der Waals surface area (Å²) >= 11 is -2.61. The maximum atomic E-state index is 13.1. The third-order valence-corrected chi connectivity index (χ3v) is 6.91. The van der Waals surface area contributed by atoms with Gasteiger partial charge in [0.15, 0.2) is 0 Å². The van der Waals surface area contributed by atoms with Gasteiger partial charge < -0.3 is 9.67 Å². The van der Waals surface area contributed by atoms with E-state index in [-0.39, 0.29) is 17.4 Å². The van der Waals surface area contributed by atoms with Crippen molar-refractivity contribution < 1.29 is 36.0 Å². The minimum Gasteiger partial charge on any atom is -0.481 e. The number of para-hydroxylation sites is 1. The van der Waals surface area contributed by atoms with Crippen LogP contribution in [0.2, 0.25) is 0 Å². The van der Waals surface area contributed by atoms with Crippen LogP contribution in [0.15, 0.2) is 53.4 Å². The van der Waals surface area contributed by atoms with Crippen LogP contribution in [0.5, 0.6) is 0 Å². The quantitative estimate of drug-likeness (QED) is 0.382. The molecule has 0 saturated heterocycles. The molecular formula is C21H23FN2O7S2. The molecule has 2 aromatic carbocycles. The van der Waals surface area contributed by atoms with E-state index in [0.29, 0.717) is 25.8 Å². The summed E-state index contributed by atoms with van der Waals surface area (Å²) in [7, 11) is -3.75. The Kier molecular flexibility index (Phi) is 7.97. The summed E-state index contributed by atoms with van der Waals surface area (Å²) in [6.07, 6.45) is 1.82. The number of aromatic nitrogens is 1. The number of aryl methyl sites for hydroxylation is 1. The smallest absolute Gasteiger partial charge is 0.305 e. The van der Waals surface area contributed by atoms with Crippen molar-refractivity contribution in [1.82, 2.24) is 9.29 Å². The molecule has 4 N–H and O–H groups in total. The highest BCUT2D eigenvalue weighted by Gasteiger charge is 2.28. The number of carbonyl (C=O) groups is 1. The van der Waals surface area contributed by atoms with Crippen LogP contribution in [0.3, 0.4) is 0 Å². The summed E-state index contributed by atoms with van der Waals surface area (Å²) in [4.78, 5) is 11.1. The molecule has 0 radical (unpaired) electrons. The van der Waals surface area contributed by atoms with E-state index in [1.54, 1.807) is 0 Å². The van der Waals surface area contributed by atoms with E-state index >= 15 is 0 Å². The third kappa shape index (κ3) is 6.24. The standard InChI is InChI=1S/C21H21FN2O4S.H2O3S/c22-14-5-8-16(9-6-14)29(27,28)23-15-7-10-20-18(13-15)17-3-1-2-4-19(17)24(20)12-11-21(25)26;1-4(2)3/h1-6,8-9,15,23H,7,10-13H2,(H,25,26);(H2,1,2,3)/t15-;/m1./s1. The zero-order chi connectivity index (χ0) is 24.2. The molecule has 0 bridgehead atoms. The molecular weight excluding hydrogens is 475 g/mol. The topological polar surface area (TPSA) is 146 Å². The molecule has 0 unspecified atom stereocenters. The summed E-state index contributed by atoms with van der Waals surface area (Å²) < 4.78 is 66.1. The highest BCUT2D eigenvalue weighted by Crippen LogP contribution is 2.33. The third-order valence-electron chi connectivity index (χ3n) is 5.37. The van der Waals surface area contributed by atoms with Crippen LogP contribution in [-0.4, -0.2) is 43.4 Å². The number of aliphatic carboxylic acids is 1. The van der Waals surface area contributed by atoms with Gasteiger partial charge in [-0.15, -0.1) is 0 Å². The number of nitrogens with one attached hydrogen (secondary N) is 1. The molecule has 0 spiro atoms. The average molecular weight is 499 g/mol. The second-order valence-electron chi connectivity index (χ2n) is 7.48. The molecule has 12 heteroatoms. The summed E-state index contributed by atoms with van der Waals surface area (Å²) in [6.45, 7) is 0.386. The van der Waals surface area contributed by atoms with Gasteiger partial charge in [0.25, 0.3) is 11.4 Å². The van der Waals surface area contributed by atoms with Crippen LogP contribution in [0.4, 0.5) is 4.39 Å². The van der Waals surface area contributed by atoms with E-state index in [4.69, 9.17) is 18.4 Å². The Balaban J connectivity index is 0.000000709. The van der Waals surface area contributed by atoms with E-state index in [1.807, 2.05) is 28.8 Å². The van der Waals surface area contributed by atoms with Crippen LogP contribution >= 0.6 is 0 Å². The van der Waals surface area contributed by atoms with Crippen molar-refractivity contribution in [1.29, 1.82) is 0 Å². The lowest BCUT2D eigenvalue weighted by molar-refractivity contribution is -0.137. The molecule has 178 valence electrons. The summed E-state index contributed by atoms with van der Waals surface area (Å²) in [5, 5.41) is 10.1. The van der Waals surface area contributed by atoms with Gasteiger partial charge in [0.1, 0.15) is 5.82 Å². The lowest BCUT2D eigenvalue weighted by Crippen LogP contribution is -2.39. The van der Waals surface area contributed by atoms with Crippen molar-refractivity contribution in [2.24, 2.45) is 0 Å².